The number of carbonyl (C=O) groups is 2. The molecule has 0 saturated heterocycles. The summed E-state index contributed by atoms with van der Waals surface area (Å²) in [6, 6.07) is 7.71. The molecule has 1 N–H and O–H groups in total. The molecule has 9 nitrogen and oxygen atoms in total. The number of esters is 1. The number of benzene rings is 1. The van der Waals surface area contributed by atoms with Crippen molar-refractivity contribution in [1.82, 2.24) is 5.32 Å². The molecule has 1 heterocycles. The zero-order valence-electron chi connectivity index (χ0n) is 14.9. The molecule has 1 atom stereocenters. The van der Waals surface area contributed by atoms with Crippen LogP contribution in [0.3, 0.4) is 0 Å². The molecular weight excluding hydrogens is 376 g/mol. The standard InChI is InChI=1S/C17H18N2O7S/c1-10(26-17(21)14-6-7-15(27-14)19(22)23)16(20)18-9-11-4-5-12(24-2)13(8-11)25-3/h4-8,10H,9H2,1-3H3,(H,18,20). The maximum absolute atomic E-state index is 12.1. The molecule has 0 aliphatic carbocycles. The highest BCUT2D eigenvalue weighted by Gasteiger charge is 2.22. The average molecular weight is 394 g/mol. The van der Waals surface area contributed by atoms with Gasteiger partial charge in [0.25, 0.3) is 5.91 Å². The Bertz CT molecular complexity index is 850. The van der Waals surface area contributed by atoms with E-state index in [1.807, 2.05) is 0 Å². The van der Waals surface area contributed by atoms with Crippen molar-refractivity contribution in [3.8, 4) is 11.5 Å². The topological polar surface area (TPSA) is 117 Å². The van der Waals surface area contributed by atoms with Gasteiger partial charge >= 0.3 is 11.0 Å². The Balaban J connectivity index is 1.91. The van der Waals surface area contributed by atoms with Crippen LogP contribution in [0.15, 0.2) is 30.3 Å². The molecule has 0 saturated carbocycles. The lowest BCUT2D eigenvalue weighted by Crippen LogP contribution is -2.35. The Morgan fingerprint density at radius 2 is 1.89 bits per heavy atom. The van der Waals surface area contributed by atoms with Gasteiger partial charge in [0.2, 0.25) is 0 Å². The predicted octanol–water partition coefficient (Wildman–Crippen LogP) is 2.54. The Kier molecular flexibility index (Phi) is 6.72. The maximum Gasteiger partial charge on any atom is 0.349 e. The molecule has 1 aromatic carbocycles. The van der Waals surface area contributed by atoms with E-state index in [-0.39, 0.29) is 16.4 Å². The monoisotopic (exact) mass is 394 g/mol. The molecule has 0 fully saturated rings. The Morgan fingerprint density at radius 3 is 2.48 bits per heavy atom. The number of rotatable bonds is 8. The molecule has 27 heavy (non-hydrogen) atoms. The molecule has 2 aromatic rings. The third-order valence-electron chi connectivity index (χ3n) is 3.54. The molecular formula is C17H18N2O7S. The van der Waals surface area contributed by atoms with Crippen LogP contribution in [0.25, 0.3) is 0 Å². The van der Waals surface area contributed by atoms with E-state index in [0.717, 1.165) is 5.56 Å². The average Bonchev–Trinajstić information content (AvgIpc) is 3.16. The van der Waals surface area contributed by atoms with E-state index in [2.05, 4.69) is 5.32 Å². The summed E-state index contributed by atoms with van der Waals surface area (Å²) >= 11 is 0.689. The second-order valence-corrected chi connectivity index (χ2v) is 6.41. The summed E-state index contributed by atoms with van der Waals surface area (Å²) in [7, 11) is 3.04. The highest BCUT2D eigenvalue weighted by Crippen LogP contribution is 2.27. The number of hydrogen-bond donors (Lipinski definition) is 1. The van der Waals surface area contributed by atoms with Gasteiger partial charge in [-0.05, 0) is 30.7 Å². The minimum absolute atomic E-state index is 0.0567. The third-order valence-corrected chi connectivity index (χ3v) is 4.56. The van der Waals surface area contributed by atoms with Gasteiger partial charge < -0.3 is 19.5 Å². The third kappa shape index (κ3) is 5.17. The normalized spacial score (nSPS) is 11.4. The lowest BCUT2D eigenvalue weighted by atomic mass is 10.2. The summed E-state index contributed by atoms with van der Waals surface area (Å²) in [4.78, 5) is 34.2. The van der Waals surface area contributed by atoms with Crippen molar-refractivity contribution in [3.63, 3.8) is 0 Å². The van der Waals surface area contributed by atoms with Crippen LogP contribution in [-0.4, -0.2) is 37.1 Å². The zero-order valence-corrected chi connectivity index (χ0v) is 15.7. The fourth-order valence-electron chi connectivity index (χ4n) is 2.13. The van der Waals surface area contributed by atoms with E-state index < -0.39 is 22.9 Å². The molecule has 144 valence electrons. The van der Waals surface area contributed by atoms with Gasteiger partial charge in [0, 0.05) is 12.6 Å². The number of hydrogen-bond acceptors (Lipinski definition) is 8. The maximum atomic E-state index is 12.1. The van der Waals surface area contributed by atoms with E-state index in [9.17, 15) is 19.7 Å². The number of methoxy groups -OCH3 is 2. The number of ether oxygens (including phenoxy) is 3. The smallest absolute Gasteiger partial charge is 0.349 e. The molecule has 0 bridgehead atoms. The van der Waals surface area contributed by atoms with Crippen molar-refractivity contribution < 1.29 is 28.7 Å². The Labute approximate surface area is 159 Å². The number of nitrogens with one attached hydrogen (secondary N) is 1. The van der Waals surface area contributed by atoms with Gasteiger partial charge in [-0.3, -0.25) is 14.9 Å². The van der Waals surface area contributed by atoms with Crippen LogP contribution in [0, 0.1) is 10.1 Å². The van der Waals surface area contributed by atoms with E-state index in [1.165, 1.54) is 33.3 Å². The van der Waals surface area contributed by atoms with Crippen LogP contribution in [0.5, 0.6) is 11.5 Å². The number of carbonyl (C=O) groups excluding carboxylic acids is 2. The lowest BCUT2D eigenvalue weighted by molar-refractivity contribution is -0.380. The van der Waals surface area contributed by atoms with Crippen LogP contribution in [0.2, 0.25) is 0 Å². The van der Waals surface area contributed by atoms with Gasteiger partial charge in [0.1, 0.15) is 4.88 Å². The highest BCUT2D eigenvalue weighted by atomic mass is 32.1. The molecule has 0 aliphatic rings. The largest absolute Gasteiger partial charge is 0.493 e. The van der Waals surface area contributed by atoms with Gasteiger partial charge in [-0.2, -0.15) is 0 Å². The van der Waals surface area contributed by atoms with Gasteiger partial charge in [0.15, 0.2) is 17.6 Å². The van der Waals surface area contributed by atoms with Gasteiger partial charge in [-0.15, -0.1) is 0 Å². The van der Waals surface area contributed by atoms with Crippen LogP contribution in [-0.2, 0) is 16.1 Å². The first kappa shape index (κ1) is 20.2. The minimum atomic E-state index is -1.06. The summed E-state index contributed by atoms with van der Waals surface area (Å²) in [6.07, 6.45) is -1.06. The Hall–Kier alpha value is -3.14. The fraction of sp³-hybridized carbons (Fsp3) is 0.294. The van der Waals surface area contributed by atoms with Crippen molar-refractivity contribution in [3.05, 3.63) is 50.9 Å². The number of thiophene rings is 1. The van der Waals surface area contributed by atoms with Crippen molar-refractivity contribution in [1.29, 1.82) is 0 Å². The molecule has 1 amide bonds. The number of nitro groups is 1. The number of amides is 1. The summed E-state index contributed by atoms with van der Waals surface area (Å²) in [5.74, 6) is -0.186. The van der Waals surface area contributed by atoms with Crippen molar-refractivity contribution >= 4 is 28.2 Å². The van der Waals surface area contributed by atoms with Crippen LogP contribution < -0.4 is 14.8 Å². The minimum Gasteiger partial charge on any atom is -0.493 e. The first-order valence-corrected chi connectivity index (χ1v) is 8.61. The fourth-order valence-corrected chi connectivity index (χ4v) is 2.83. The molecule has 2 rings (SSSR count). The van der Waals surface area contributed by atoms with E-state index in [1.54, 1.807) is 18.2 Å². The molecule has 0 radical (unpaired) electrons. The van der Waals surface area contributed by atoms with Crippen LogP contribution >= 0.6 is 11.3 Å². The summed E-state index contributed by atoms with van der Waals surface area (Å²) < 4.78 is 15.4. The highest BCUT2D eigenvalue weighted by molar-refractivity contribution is 7.17. The van der Waals surface area contributed by atoms with Gasteiger partial charge in [-0.25, -0.2) is 4.79 Å². The summed E-state index contributed by atoms with van der Waals surface area (Å²) in [5.41, 5.74) is 0.772. The van der Waals surface area contributed by atoms with Crippen LogP contribution in [0.4, 0.5) is 5.00 Å². The molecule has 0 aliphatic heterocycles. The van der Waals surface area contributed by atoms with E-state index in [0.29, 0.717) is 22.8 Å². The van der Waals surface area contributed by atoms with Crippen molar-refractivity contribution in [2.45, 2.75) is 19.6 Å². The van der Waals surface area contributed by atoms with Gasteiger partial charge in [-0.1, -0.05) is 17.4 Å². The van der Waals surface area contributed by atoms with E-state index >= 15 is 0 Å². The molecule has 0 spiro atoms. The lowest BCUT2D eigenvalue weighted by Gasteiger charge is -2.14. The molecule has 1 aromatic heterocycles. The van der Waals surface area contributed by atoms with Crippen molar-refractivity contribution in [2.24, 2.45) is 0 Å². The summed E-state index contributed by atoms with van der Waals surface area (Å²) in [6.45, 7) is 1.62. The SMILES string of the molecule is COc1ccc(CNC(=O)C(C)OC(=O)c2ccc([N+](=O)[O-])s2)cc1OC. The first-order valence-electron chi connectivity index (χ1n) is 7.79. The number of nitrogens with zero attached hydrogens (tertiary/aromatic N) is 1. The van der Waals surface area contributed by atoms with Crippen molar-refractivity contribution in [2.75, 3.05) is 14.2 Å². The molecule has 10 heteroatoms. The second-order valence-electron chi connectivity index (χ2n) is 5.35. The Morgan fingerprint density at radius 1 is 1.19 bits per heavy atom. The second kappa shape index (κ2) is 8.99. The molecule has 1 unspecified atom stereocenters. The first-order chi connectivity index (χ1) is 12.8. The quantitative estimate of drug-likeness (QED) is 0.415. The predicted molar refractivity (Wildman–Crippen MR) is 97.2 cm³/mol. The van der Waals surface area contributed by atoms with E-state index in [4.69, 9.17) is 14.2 Å². The summed E-state index contributed by atoms with van der Waals surface area (Å²) in [5, 5.41) is 13.1. The van der Waals surface area contributed by atoms with Crippen LogP contribution in [0.1, 0.15) is 22.2 Å². The van der Waals surface area contributed by atoms with Gasteiger partial charge in [0.05, 0.1) is 19.1 Å². The zero-order chi connectivity index (χ0) is 20.0.